The summed E-state index contributed by atoms with van der Waals surface area (Å²) < 4.78 is 3.03. The van der Waals surface area contributed by atoms with Crippen molar-refractivity contribution >= 4 is 27.7 Å². The minimum atomic E-state index is 0.860. The number of rotatable bonds is 4. The molecule has 0 unspecified atom stereocenters. The second kappa shape index (κ2) is 5.91. The summed E-state index contributed by atoms with van der Waals surface area (Å²) in [4.78, 5) is 1.26. The fourth-order valence-corrected chi connectivity index (χ4v) is 3.21. The van der Waals surface area contributed by atoms with Crippen molar-refractivity contribution in [2.75, 3.05) is 7.05 Å². The van der Waals surface area contributed by atoms with Crippen LogP contribution in [-0.2, 0) is 13.6 Å². The van der Waals surface area contributed by atoms with Gasteiger partial charge in [-0.1, -0.05) is 27.7 Å². The smallest absolute Gasteiger partial charge is 0.0987 e. The third kappa shape index (κ3) is 3.16. The Bertz CT molecular complexity index is 551. The second-order valence-corrected chi connectivity index (χ2v) is 6.11. The Labute approximate surface area is 120 Å². The van der Waals surface area contributed by atoms with E-state index in [9.17, 15) is 0 Å². The summed E-state index contributed by atoms with van der Waals surface area (Å²) in [6.07, 6.45) is 0. The molecule has 1 heterocycles. The van der Waals surface area contributed by atoms with E-state index in [0.29, 0.717) is 0 Å². The van der Waals surface area contributed by atoms with Crippen LogP contribution in [0.1, 0.15) is 11.3 Å². The van der Waals surface area contributed by atoms with Gasteiger partial charge in [-0.25, -0.2) is 0 Å². The normalized spacial score (nSPS) is 10.9. The minimum Gasteiger partial charge on any atom is -0.316 e. The molecule has 2 rings (SSSR count). The van der Waals surface area contributed by atoms with Crippen molar-refractivity contribution in [3.63, 3.8) is 0 Å². The van der Waals surface area contributed by atoms with Gasteiger partial charge < -0.3 is 5.32 Å². The molecule has 1 N–H and O–H groups in total. The number of aromatic nitrogens is 2. The lowest BCUT2D eigenvalue weighted by molar-refractivity contribution is 0.692. The maximum absolute atomic E-state index is 4.37. The monoisotopic (exact) mass is 325 g/mol. The number of hydrogen-bond donors (Lipinski definition) is 1. The van der Waals surface area contributed by atoms with E-state index in [1.165, 1.54) is 10.5 Å². The van der Waals surface area contributed by atoms with Gasteiger partial charge in [-0.15, -0.1) is 0 Å². The van der Waals surface area contributed by atoms with Crippen LogP contribution < -0.4 is 5.32 Å². The maximum Gasteiger partial charge on any atom is 0.0987 e. The maximum atomic E-state index is 4.37. The van der Waals surface area contributed by atoms with Crippen molar-refractivity contribution in [3.8, 4) is 0 Å². The summed E-state index contributed by atoms with van der Waals surface area (Å²) >= 11 is 5.27. The molecule has 1 aromatic carbocycles. The standard InChI is InChI=1S/C13H16BrN3S/c1-9-6-13(17(3)16-9)18-12-5-4-11(14)7-10(12)8-15-2/h4-7,15H,8H2,1-3H3. The molecule has 0 bridgehead atoms. The highest BCUT2D eigenvalue weighted by Gasteiger charge is 2.08. The van der Waals surface area contributed by atoms with Crippen LogP contribution in [0.3, 0.4) is 0 Å². The van der Waals surface area contributed by atoms with Gasteiger partial charge in [-0.3, -0.25) is 4.68 Å². The first-order chi connectivity index (χ1) is 8.60. The van der Waals surface area contributed by atoms with Crippen molar-refractivity contribution in [1.82, 2.24) is 15.1 Å². The van der Waals surface area contributed by atoms with E-state index in [-0.39, 0.29) is 0 Å². The fourth-order valence-electron chi connectivity index (χ4n) is 1.77. The number of benzene rings is 1. The van der Waals surface area contributed by atoms with E-state index >= 15 is 0 Å². The summed E-state index contributed by atoms with van der Waals surface area (Å²) in [6, 6.07) is 8.48. The first kappa shape index (κ1) is 13.6. The molecule has 0 saturated heterocycles. The topological polar surface area (TPSA) is 29.9 Å². The molecule has 0 atom stereocenters. The van der Waals surface area contributed by atoms with Crippen molar-refractivity contribution in [1.29, 1.82) is 0 Å². The van der Waals surface area contributed by atoms with Crippen LogP contribution in [0.25, 0.3) is 0 Å². The van der Waals surface area contributed by atoms with Crippen molar-refractivity contribution in [2.24, 2.45) is 7.05 Å². The molecule has 0 aliphatic carbocycles. The lowest BCUT2D eigenvalue weighted by Gasteiger charge is -2.09. The molecule has 2 aromatic rings. The van der Waals surface area contributed by atoms with Crippen LogP contribution >= 0.6 is 27.7 Å². The SMILES string of the molecule is CNCc1cc(Br)ccc1Sc1cc(C)nn1C. The summed E-state index contributed by atoms with van der Waals surface area (Å²) in [5, 5.41) is 8.73. The minimum absolute atomic E-state index is 0.860. The van der Waals surface area contributed by atoms with Crippen LogP contribution in [0.15, 0.2) is 38.7 Å². The first-order valence-electron chi connectivity index (χ1n) is 5.71. The van der Waals surface area contributed by atoms with E-state index in [0.717, 1.165) is 21.7 Å². The number of halogens is 1. The molecule has 0 fully saturated rings. The molecular formula is C13H16BrN3S. The Kier molecular flexibility index (Phi) is 4.48. The number of nitrogens with zero attached hydrogens (tertiary/aromatic N) is 2. The van der Waals surface area contributed by atoms with Gasteiger partial charge in [0.2, 0.25) is 0 Å². The van der Waals surface area contributed by atoms with E-state index in [1.54, 1.807) is 11.8 Å². The quantitative estimate of drug-likeness (QED) is 0.934. The predicted molar refractivity (Wildman–Crippen MR) is 79.0 cm³/mol. The number of hydrogen-bond acceptors (Lipinski definition) is 3. The van der Waals surface area contributed by atoms with Crippen LogP contribution in [0.4, 0.5) is 0 Å². The van der Waals surface area contributed by atoms with Gasteiger partial charge in [-0.05, 0) is 43.8 Å². The van der Waals surface area contributed by atoms with Gasteiger partial charge in [0.1, 0.15) is 0 Å². The Hall–Kier alpha value is -0.780. The molecule has 96 valence electrons. The number of aryl methyl sites for hydroxylation is 2. The highest BCUT2D eigenvalue weighted by Crippen LogP contribution is 2.32. The van der Waals surface area contributed by atoms with Gasteiger partial charge in [-0.2, -0.15) is 5.10 Å². The van der Waals surface area contributed by atoms with Crippen molar-refractivity contribution < 1.29 is 0 Å². The second-order valence-electron chi connectivity index (χ2n) is 4.13. The summed E-state index contributed by atoms with van der Waals surface area (Å²) in [6.45, 7) is 2.87. The summed E-state index contributed by atoms with van der Waals surface area (Å²) in [7, 11) is 3.94. The van der Waals surface area contributed by atoms with E-state index in [2.05, 4.69) is 50.6 Å². The Morgan fingerprint density at radius 3 is 2.78 bits per heavy atom. The van der Waals surface area contributed by atoms with E-state index in [4.69, 9.17) is 0 Å². The molecular weight excluding hydrogens is 310 g/mol. The molecule has 0 aliphatic heterocycles. The molecule has 0 spiro atoms. The lowest BCUT2D eigenvalue weighted by Crippen LogP contribution is -2.06. The molecule has 18 heavy (non-hydrogen) atoms. The molecule has 1 aromatic heterocycles. The van der Waals surface area contributed by atoms with E-state index < -0.39 is 0 Å². The van der Waals surface area contributed by atoms with Crippen LogP contribution in [0, 0.1) is 6.92 Å². The average molecular weight is 326 g/mol. The van der Waals surface area contributed by atoms with Crippen molar-refractivity contribution in [2.45, 2.75) is 23.4 Å². The largest absolute Gasteiger partial charge is 0.316 e. The van der Waals surface area contributed by atoms with Crippen LogP contribution in [0.5, 0.6) is 0 Å². The molecule has 3 nitrogen and oxygen atoms in total. The first-order valence-corrected chi connectivity index (χ1v) is 7.32. The lowest BCUT2D eigenvalue weighted by atomic mass is 10.2. The van der Waals surface area contributed by atoms with Gasteiger partial charge in [0.05, 0.1) is 10.7 Å². The molecule has 0 radical (unpaired) electrons. The Morgan fingerprint density at radius 1 is 1.39 bits per heavy atom. The zero-order chi connectivity index (χ0) is 13.1. The highest BCUT2D eigenvalue weighted by atomic mass is 79.9. The Morgan fingerprint density at radius 2 is 2.17 bits per heavy atom. The Balaban J connectivity index is 2.30. The fraction of sp³-hybridized carbons (Fsp3) is 0.308. The van der Waals surface area contributed by atoms with Gasteiger partial charge in [0.15, 0.2) is 0 Å². The van der Waals surface area contributed by atoms with Gasteiger partial charge in [0, 0.05) is 23.0 Å². The van der Waals surface area contributed by atoms with Gasteiger partial charge >= 0.3 is 0 Å². The number of nitrogens with one attached hydrogen (secondary N) is 1. The molecule has 0 aliphatic rings. The third-order valence-electron chi connectivity index (χ3n) is 2.56. The third-order valence-corrected chi connectivity index (χ3v) is 4.27. The van der Waals surface area contributed by atoms with Crippen LogP contribution in [-0.4, -0.2) is 16.8 Å². The van der Waals surface area contributed by atoms with Crippen molar-refractivity contribution in [3.05, 3.63) is 40.0 Å². The summed E-state index contributed by atoms with van der Waals surface area (Å²) in [5.74, 6) is 0. The van der Waals surface area contributed by atoms with Gasteiger partial charge in [0.25, 0.3) is 0 Å². The highest BCUT2D eigenvalue weighted by molar-refractivity contribution is 9.10. The summed E-state index contributed by atoms with van der Waals surface area (Å²) in [5.41, 5.74) is 2.34. The predicted octanol–water partition coefficient (Wildman–Crippen LogP) is 3.36. The average Bonchev–Trinajstić information content (AvgIpc) is 2.62. The van der Waals surface area contributed by atoms with E-state index in [1.807, 2.05) is 25.7 Å². The zero-order valence-corrected chi connectivity index (χ0v) is 13.1. The molecule has 0 saturated carbocycles. The zero-order valence-electron chi connectivity index (χ0n) is 10.7. The van der Waals surface area contributed by atoms with Crippen LogP contribution in [0.2, 0.25) is 0 Å². The molecule has 0 amide bonds. The molecule has 5 heteroatoms.